The second-order valence-corrected chi connectivity index (χ2v) is 5.12. The molecular formula is C15H24N2. The molecule has 1 saturated heterocycles. The van der Waals surface area contributed by atoms with Crippen LogP contribution in [-0.2, 0) is 12.8 Å². The summed E-state index contributed by atoms with van der Waals surface area (Å²) in [5.41, 5.74) is 8.86. The Morgan fingerprint density at radius 3 is 2.59 bits per heavy atom. The number of hydrogen-bond acceptors (Lipinski definition) is 2. The summed E-state index contributed by atoms with van der Waals surface area (Å²) in [5, 5.41) is 0. The van der Waals surface area contributed by atoms with Gasteiger partial charge in [-0.05, 0) is 43.4 Å². The Balaban J connectivity index is 1.80. The second-order valence-electron chi connectivity index (χ2n) is 5.12. The highest BCUT2D eigenvalue weighted by atomic mass is 15.1. The standard InChI is InChI=1S/C15H24N2/c1-2-13-5-7-14(8-6-13)9-11-17-10-3-4-15(16)12-17/h5-8,15H,2-4,9-12,16H2,1H3. The Labute approximate surface area is 105 Å². The second kappa shape index (κ2) is 6.18. The molecule has 1 aromatic carbocycles. The fourth-order valence-corrected chi connectivity index (χ4v) is 2.52. The molecule has 0 aromatic heterocycles. The summed E-state index contributed by atoms with van der Waals surface area (Å²) < 4.78 is 0. The molecule has 0 amide bonds. The molecule has 94 valence electrons. The maximum atomic E-state index is 5.99. The third-order valence-electron chi connectivity index (χ3n) is 3.69. The fraction of sp³-hybridized carbons (Fsp3) is 0.600. The van der Waals surface area contributed by atoms with E-state index in [2.05, 4.69) is 36.1 Å². The van der Waals surface area contributed by atoms with Gasteiger partial charge in [0.25, 0.3) is 0 Å². The third kappa shape index (κ3) is 3.83. The number of hydrogen-bond donors (Lipinski definition) is 1. The van der Waals surface area contributed by atoms with Gasteiger partial charge in [0.15, 0.2) is 0 Å². The van der Waals surface area contributed by atoms with Gasteiger partial charge < -0.3 is 10.6 Å². The zero-order valence-corrected chi connectivity index (χ0v) is 10.9. The summed E-state index contributed by atoms with van der Waals surface area (Å²) in [6, 6.07) is 9.42. The van der Waals surface area contributed by atoms with E-state index >= 15 is 0 Å². The highest BCUT2D eigenvalue weighted by molar-refractivity contribution is 5.22. The molecule has 2 N–H and O–H groups in total. The Morgan fingerprint density at radius 2 is 1.94 bits per heavy atom. The Bertz CT molecular complexity index is 331. The Kier molecular flexibility index (Phi) is 4.57. The van der Waals surface area contributed by atoms with Crippen molar-refractivity contribution in [2.75, 3.05) is 19.6 Å². The van der Waals surface area contributed by atoms with Gasteiger partial charge in [0.2, 0.25) is 0 Å². The zero-order valence-electron chi connectivity index (χ0n) is 10.9. The van der Waals surface area contributed by atoms with Crippen LogP contribution in [0.5, 0.6) is 0 Å². The quantitative estimate of drug-likeness (QED) is 0.862. The number of likely N-dealkylation sites (tertiary alicyclic amines) is 1. The summed E-state index contributed by atoms with van der Waals surface area (Å²) in [5.74, 6) is 0. The van der Waals surface area contributed by atoms with Gasteiger partial charge in [-0.25, -0.2) is 0 Å². The number of rotatable bonds is 4. The fourth-order valence-electron chi connectivity index (χ4n) is 2.52. The maximum absolute atomic E-state index is 5.99. The van der Waals surface area contributed by atoms with Gasteiger partial charge in [0, 0.05) is 19.1 Å². The molecule has 0 bridgehead atoms. The van der Waals surface area contributed by atoms with Crippen molar-refractivity contribution in [2.45, 2.75) is 38.6 Å². The summed E-state index contributed by atoms with van der Waals surface area (Å²) in [6.45, 7) is 5.65. The van der Waals surface area contributed by atoms with Gasteiger partial charge in [-0.15, -0.1) is 0 Å². The molecule has 0 saturated carbocycles. The first-order valence-corrected chi connectivity index (χ1v) is 6.83. The Hall–Kier alpha value is -0.860. The van der Waals surface area contributed by atoms with Crippen LogP contribution in [0.15, 0.2) is 24.3 Å². The number of nitrogens with two attached hydrogens (primary N) is 1. The van der Waals surface area contributed by atoms with Gasteiger partial charge in [0.05, 0.1) is 0 Å². The van der Waals surface area contributed by atoms with Crippen LogP contribution in [0.1, 0.15) is 30.9 Å². The molecule has 1 aromatic rings. The monoisotopic (exact) mass is 232 g/mol. The van der Waals surface area contributed by atoms with E-state index in [1.165, 1.54) is 30.5 Å². The van der Waals surface area contributed by atoms with Crippen molar-refractivity contribution in [3.63, 3.8) is 0 Å². The smallest absolute Gasteiger partial charge is 0.0168 e. The number of aryl methyl sites for hydroxylation is 1. The van der Waals surface area contributed by atoms with Crippen LogP contribution in [0.2, 0.25) is 0 Å². The molecule has 2 rings (SSSR count). The lowest BCUT2D eigenvalue weighted by atomic mass is 10.0. The van der Waals surface area contributed by atoms with Gasteiger partial charge >= 0.3 is 0 Å². The average Bonchev–Trinajstić information content (AvgIpc) is 2.37. The summed E-state index contributed by atoms with van der Waals surface area (Å²) >= 11 is 0. The van der Waals surface area contributed by atoms with Crippen LogP contribution in [0.3, 0.4) is 0 Å². The molecule has 0 aliphatic carbocycles. The van der Waals surface area contributed by atoms with Crippen molar-refractivity contribution in [1.82, 2.24) is 4.90 Å². The van der Waals surface area contributed by atoms with Crippen molar-refractivity contribution >= 4 is 0 Å². The lowest BCUT2D eigenvalue weighted by molar-refractivity contribution is 0.211. The SMILES string of the molecule is CCc1ccc(CCN2CCCC(N)C2)cc1. The molecule has 1 atom stereocenters. The van der Waals surface area contributed by atoms with Gasteiger partial charge in [0.1, 0.15) is 0 Å². The molecule has 1 fully saturated rings. The zero-order chi connectivity index (χ0) is 12.1. The summed E-state index contributed by atoms with van der Waals surface area (Å²) in [7, 11) is 0. The molecule has 2 nitrogen and oxygen atoms in total. The van der Waals surface area contributed by atoms with Crippen molar-refractivity contribution in [2.24, 2.45) is 5.73 Å². The van der Waals surface area contributed by atoms with E-state index in [0.29, 0.717) is 6.04 Å². The van der Waals surface area contributed by atoms with E-state index in [0.717, 1.165) is 25.9 Å². The predicted molar refractivity (Wildman–Crippen MR) is 73.2 cm³/mol. The highest BCUT2D eigenvalue weighted by Gasteiger charge is 2.15. The van der Waals surface area contributed by atoms with Gasteiger partial charge in [-0.2, -0.15) is 0 Å². The van der Waals surface area contributed by atoms with E-state index in [1.807, 2.05) is 0 Å². The van der Waals surface area contributed by atoms with E-state index in [1.54, 1.807) is 0 Å². The first-order chi connectivity index (χ1) is 8.28. The number of benzene rings is 1. The highest BCUT2D eigenvalue weighted by Crippen LogP contribution is 2.10. The van der Waals surface area contributed by atoms with E-state index in [9.17, 15) is 0 Å². The van der Waals surface area contributed by atoms with Crippen molar-refractivity contribution in [3.8, 4) is 0 Å². The maximum Gasteiger partial charge on any atom is 0.0168 e. The minimum atomic E-state index is 0.395. The van der Waals surface area contributed by atoms with Crippen LogP contribution in [-0.4, -0.2) is 30.6 Å². The molecule has 1 aliphatic rings. The first kappa shape index (κ1) is 12.6. The van der Waals surface area contributed by atoms with Crippen molar-refractivity contribution in [1.29, 1.82) is 0 Å². The van der Waals surface area contributed by atoms with Crippen LogP contribution in [0.25, 0.3) is 0 Å². The molecule has 17 heavy (non-hydrogen) atoms. The minimum absolute atomic E-state index is 0.395. The average molecular weight is 232 g/mol. The number of piperidine rings is 1. The Morgan fingerprint density at radius 1 is 1.24 bits per heavy atom. The van der Waals surface area contributed by atoms with Gasteiger partial charge in [-0.3, -0.25) is 0 Å². The van der Waals surface area contributed by atoms with Crippen LogP contribution < -0.4 is 5.73 Å². The van der Waals surface area contributed by atoms with Crippen LogP contribution in [0.4, 0.5) is 0 Å². The topological polar surface area (TPSA) is 29.3 Å². The molecule has 1 heterocycles. The first-order valence-electron chi connectivity index (χ1n) is 6.83. The largest absolute Gasteiger partial charge is 0.327 e. The van der Waals surface area contributed by atoms with Gasteiger partial charge in [-0.1, -0.05) is 31.2 Å². The normalized spacial score (nSPS) is 21.6. The lowest BCUT2D eigenvalue weighted by Gasteiger charge is -2.30. The molecule has 0 radical (unpaired) electrons. The van der Waals surface area contributed by atoms with E-state index in [4.69, 9.17) is 5.73 Å². The predicted octanol–water partition coefficient (Wildman–Crippen LogP) is 2.21. The summed E-state index contributed by atoms with van der Waals surface area (Å²) in [6.07, 6.45) is 4.73. The van der Waals surface area contributed by atoms with Crippen LogP contribution >= 0.6 is 0 Å². The molecular weight excluding hydrogens is 208 g/mol. The van der Waals surface area contributed by atoms with Crippen molar-refractivity contribution in [3.05, 3.63) is 35.4 Å². The summed E-state index contributed by atoms with van der Waals surface area (Å²) in [4.78, 5) is 2.50. The molecule has 0 spiro atoms. The minimum Gasteiger partial charge on any atom is -0.327 e. The van der Waals surface area contributed by atoms with E-state index in [-0.39, 0.29) is 0 Å². The molecule has 1 unspecified atom stereocenters. The van der Waals surface area contributed by atoms with E-state index < -0.39 is 0 Å². The molecule has 2 heteroatoms. The van der Waals surface area contributed by atoms with Crippen LogP contribution in [0, 0.1) is 0 Å². The number of nitrogens with zero attached hydrogens (tertiary/aromatic N) is 1. The molecule has 1 aliphatic heterocycles. The lowest BCUT2D eigenvalue weighted by Crippen LogP contribution is -2.43. The van der Waals surface area contributed by atoms with Crippen molar-refractivity contribution < 1.29 is 0 Å². The third-order valence-corrected chi connectivity index (χ3v) is 3.69.